The van der Waals surface area contributed by atoms with Gasteiger partial charge in [0.25, 0.3) is 0 Å². The normalized spacial score (nSPS) is 11.3. The maximum atomic E-state index is 13.1. The lowest BCUT2D eigenvalue weighted by Crippen LogP contribution is -2.11. The van der Waals surface area contributed by atoms with Crippen LogP contribution in [0.1, 0.15) is 5.56 Å². The molecule has 2 aromatic rings. The second-order valence-corrected chi connectivity index (χ2v) is 4.14. The van der Waals surface area contributed by atoms with Gasteiger partial charge in [0.05, 0.1) is 11.8 Å². The van der Waals surface area contributed by atoms with Crippen LogP contribution in [0.4, 0.5) is 23.5 Å². The fraction of sp³-hybridized carbons (Fsp3) is 0.0909. The molecule has 10 heteroatoms. The molecule has 0 atom stereocenters. The van der Waals surface area contributed by atoms with E-state index in [-0.39, 0.29) is 22.6 Å². The van der Waals surface area contributed by atoms with Crippen LogP contribution in [-0.2, 0) is 6.18 Å². The third kappa shape index (κ3) is 3.50. The van der Waals surface area contributed by atoms with Crippen molar-refractivity contribution in [3.05, 3.63) is 40.8 Å². The number of rotatable bonds is 3. The van der Waals surface area contributed by atoms with Gasteiger partial charge in [0.1, 0.15) is 16.6 Å². The van der Waals surface area contributed by atoms with E-state index < -0.39 is 17.6 Å². The molecule has 5 nitrogen and oxygen atoms in total. The number of nitrogen functional groups attached to an aromatic ring is 1. The molecule has 0 aliphatic carbocycles. The highest BCUT2D eigenvalue weighted by atomic mass is 35.5. The van der Waals surface area contributed by atoms with Gasteiger partial charge in [-0.3, -0.25) is 5.43 Å². The first-order valence-electron chi connectivity index (χ1n) is 5.35. The molecule has 0 fully saturated rings. The van der Waals surface area contributed by atoms with E-state index in [0.717, 1.165) is 12.3 Å². The number of alkyl halides is 3. The molecule has 1 heterocycles. The van der Waals surface area contributed by atoms with Crippen molar-refractivity contribution in [1.29, 1.82) is 0 Å². The van der Waals surface area contributed by atoms with Crippen LogP contribution in [0.2, 0.25) is 5.02 Å². The van der Waals surface area contributed by atoms with Gasteiger partial charge in [0.2, 0.25) is 11.8 Å². The van der Waals surface area contributed by atoms with Gasteiger partial charge in [-0.1, -0.05) is 11.6 Å². The summed E-state index contributed by atoms with van der Waals surface area (Å²) in [5, 5.41) is -0.0492. The van der Waals surface area contributed by atoms with E-state index >= 15 is 0 Å². The molecule has 0 aliphatic rings. The fourth-order valence-electron chi connectivity index (χ4n) is 1.39. The maximum absolute atomic E-state index is 13.1. The molecule has 112 valence electrons. The lowest BCUT2D eigenvalue weighted by atomic mass is 10.2. The van der Waals surface area contributed by atoms with E-state index in [4.69, 9.17) is 22.2 Å². The quantitative estimate of drug-likeness (QED) is 0.515. The third-order valence-corrected chi connectivity index (χ3v) is 2.56. The monoisotopic (exact) mass is 322 g/mol. The van der Waals surface area contributed by atoms with Gasteiger partial charge >= 0.3 is 6.18 Å². The first-order valence-corrected chi connectivity index (χ1v) is 5.73. The summed E-state index contributed by atoms with van der Waals surface area (Å²) >= 11 is 5.75. The second-order valence-electron chi connectivity index (χ2n) is 3.73. The first-order chi connectivity index (χ1) is 9.81. The molecule has 1 aromatic heterocycles. The Morgan fingerprint density at radius 2 is 2.00 bits per heavy atom. The zero-order chi connectivity index (χ0) is 15.6. The Balaban J connectivity index is 2.36. The summed E-state index contributed by atoms with van der Waals surface area (Å²) in [6.07, 6.45) is -3.70. The van der Waals surface area contributed by atoms with Gasteiger partial charge < -0.3 is 4.74 Å². The molecule has 21 heavy (non-hydrogen) atoms. The standard InChI is InChI=1S/C11H7ClF4N4O/c12-7-4-18-10(20-17)19-9(7)21-5-1-2-8(13)6(3-5)11(14,15)16/h1-4H,17H2,(H,18,19,20). The average Bonchev–Trinajstić information content (AvgIpc) is 2.42. The van der Waals surface area contributed by atoms with E-state index in [0.29, 0.717) is 12.1 Å². The zero-order valence-electron chi connectivity index (χ0n) is 10.1. The zero-order valence-corrected chi connectivity index (χ0v) is 10.8. The van der Waals surface area contributed by atoms with Crippen molar-refractivity contribution in [3.8, 4) is 11.6 Å². The van der Waals surface area contributed by atoms with Gasteiger partial charge in [-0.25, -0.2) is 15.2 Å². The van der Waals surface area contributed by atoms with Crippen molar-refractivity contribution in [3.63, 3.8) is 0 Å². The topological polar surface area (TPSA) is 73.1 Å². The van der Waals surface area contributed by atoms with Gasteiger partial charge in [0, 0.05) is 0 Å². The van der Waals surface area contributed by atoms with Crippen LogP contribution in [0.25, 0.3) is 0 Å². The molecule has 0 radical (unpaired) electrons. The minimum atomic E-state index is -4.84. The lowest BCUT2D eigenvalue weighted by molar-refractivity contribution is -0.140. The molecule has 1 aromatic carbocycles. The number of nitrogens with one attached hydrogen (secondary N) is 1. The summed E-state index contributed by atoms with van der Waals surface area (Å²) in [6, 6.07) is 2.15. The van der Waals surface area contributed by atoms with Crippen molar-refractivity contribution in [2.24, 2.45) is 5.84 Å². The number of nitrogens with two attached hydrogens (primary N) is 1. The molecule has 0 bridgehead atoms. The summed E-state index contributed by atoms with van der Waals surface area (Å²) in [4.78, 5) is 7.39. The van der Waals surface area contributed by atoms with Gasteiger partial charge in [-0.2, -0.15) is 18.2 Å². The molecule has 0 aliphatic heterocycles. The SMILES string of the molecule is NNc1ncc(Cl)c(Oc2ccc(F)c(C(F)(F)F)c2)n1. The van der Waals surface area contributed by atoms with Crippen LogP contribution in [0.5, 0.6) is 11.6 Å². The van der Waals surface area contributed by atoms with Crippen molar-refractivity contribution >= 4 is 17.5 Å². The smallest absolute Gasteiger partial charge is 0.419 e. The molecule has 0 saturated carbocycles. The van der Waals surface area contributed by atoms with E-state index in [1.165, 1.54) is 0 Å². The molecular weight excluding hydrogens is 316 g/mol. The van der Waals surface area contributed by atoms with Crippen molar-refractivity contribution in [1.82, 2.24) is 9.97 Å². The summed E-state index contributed by atoms with van der Waals surface area (Å²) in [5.41, 5.74) is 0.668. The number of hydrazine groups is 1. The summed E-state index contributed by atoms with van der Waals surface area (Å²) in [5.74, 6) is 3.13. The number of anilines is 1. The van der Waals surface area contributed by atoms with Crippen LogP contribution in [0, 0.1) is 5.82 Å². The average molecular weight is 323 g/mol. The third-order valence-electron chi connectivity index (χ3n) is 2.30. The number of halogens is 5. The fourth-order valence-corrected chi connectivity index (χ4v) is 1.52. The van der Waals surface area contributed by atoms with Crippen LogP contribution in [-0.4, -0.2) is 9.97 Å². The molecule has 0 spiro atoms. The Bertz CT molecular complexity index is 665. The van der Waals surface area contributed by atoms with Crippen molar-refractivity contribution in [2.75, 3.05) is 5.43 Å². The minimum Gasteiger partial charge on any atom is -0.437 e. The predicted octanol–water partition coefficient (Wildman–Crippen LogP) is 3.37. The van der Waals surface area contributed by atoms with Gasteiger partial charge in [-0.15, -0.1) is 0 Å². The maximum Gasteiger partial charge on any atom is 0.419 e. The van der Waals surface area contributed by atoms with E-state index in [1.807, 2.05) is 0 Å². The Morgan fingerprint density at radius 1 is 1.29 bits per heavy atom. The molecule has 0 saturated heterocycles. The highest BCUT2D eigenvalue weighted by Gasteiger charge is 2.34. The van der Waals surface area contributed by atoms with Crippen LogP contribution in [0.3, 0.4) is 0 Å². The summed E-state index contributed by atoms with van der Waals surface area (Å²) < 4.78 is 56.0. The number of nitrogens with zero attached hydrogens (tertiary/aromatic N) is 2. The molecule has 3 N–H and O–H groups in total. The number of hydrogen-bond acceptors (Lipinski definition) is 5. The first kappa shape index (κ1) is 15.3. The minimum absolute atomic E-state index is 0.0486. The predicted molar refractivity (Wildman–Crippen MR) is 66.3 cm³/mol. The Kier molecular flexibility index (Phi) is 4.14. The number of benzene rings is 1. The number of hydrogen-bond donors (Lipinski definition) is 2. The van der Waals surface area contributed by atoms with E-state index in [2.05, 4.69) is 15.4 Å². The Morgan fingerprint density at radius 3 is 2.62 bits per heavy atom. The largest absolute Gasteiger partial charge is 0.437 e. The summed E-state index contributed by atoms with van der Waals surface area (Å²) in [6.45, 7) is 0. The number of ether oxygens (including phenoxy) is 1. The van der Waals surface area contributed by atoms with Gasteiger partial charge in [0.15, 0.2) is 0 Å². The number of aromatic nitrogens is 2. The molecule has 2 rings (SSSR count). The highest BCUT2D eigenvalue weighted by Crippen LogP contribution is 2.35. The van der Waals surface area contributed by atoms with Crippen LogP contribution in [0.15, 0.2) is 24.4 Å². The van der Waals surface area contributed by atoms with Crippen molar-refractivity contribution in [2.45, 2.75) is 6.18 Å². The van der Waals surface area contributed by atoms with Crippen LogP contribution < -0.4 is 16.0 Å². The second kappa shape index (κ2) is 5.70. The lowest BCUT2D eigenvalue weighted by Gasteiger charge is -2.11. The highest BCUT2D eigenvalue weighted by molar-refractivity contribution is 6.31. The van der Waals surface area contributed by atoms with Crippen molar-refractivity contribution < 1.29 is 22.3 Å². The molecule has 0 unspecified atom stereocenters. The Hall–Kier alpha value is -2.13. The molecular formula is C11H7ClF4N4O. The van der Waals surface area contributed by atoms with Gasteiger partial charge in [-0.05, 0) is 18.2 Å². The molecule has 0 amide bonds. The summed E-state index contributed by atoms with van der Waals surface area (Å²) in [7, 11) is 0. The van der Waals surface area contributed by atoms with E-state index in [1.54, 1.807) is 0 Å². The van der Waals surface area contributed by atoms with E-state index in [9.17, 15) is 17.6 Å². The Labute approximate surface area is 120 Å². The van der Waals surface area contributed by atoms with Crippen LogP contribution >= 0.6 is 11.6 Å².